The van der Waals surface area contributed by atoms with Gasteiger partial charge in [-0.2, -0.15) is 4.98 Å². The van der Waals surface area contributed by atoms with Gasteiger partial charge in [-0.25, -0.2) is 0 Å². The molecule has 0 fully saturated rings. The van der Waals surface area contributed by atoms with Gasteiger partial charge in [-0.3, -0.25) is 4.79 Å². The molecule has 3 aromatic rings. The Morgan fingerprint density at radius 1 is 1.15 bits per heavy atom. The first kappa shape index (κ1) is 18.8. The van der Waals surface area contributed by atoms with Crippen molar-refractivity contribution in [3.63, 3.8) is 0 Å². The molecule has 0 unspecified atom stereocenters. The Balaban J connectivity index is 1.57. The van der Waals surface area contributed by atoms with Gasteiger partial charge in [0.1, 0.15) is 0 Å². The number of rotatable bonds is 6. The SMILES string of the molecule is CN(Cc1nc(-c2ccccc2Cl)no1)C(=O)CSc1ccc(Cl)cc1. The van der Waals surface area contributed by atoms with Crippen LogP contribution in [0.5, 0.6) is 0 Å². The van der Waals surface area contributed by atoms with Crippen LogP contribution in [-0.2, 0) is 11.3 Å². The number of thioether (sulfide) groups is 1. The lowest BCUT2D eigenvalue weighted by Gasteiger charge is -2.14. The van der Waals surface area contributed by atoms with Crippen LogP contribution in [0.25, 0.3) is 11.4 Å². The van der Waals surface area contributed by atoms with Crippen molar-refractivity contribution < 1.29 is 9.32 Å². The molecule has 0 radical (unpaired) electrons. The Kier molecular flexibility index (Phi) is 6.19. The van der Waals surface area contributed by atoms with E-state index in [1.165, 1.54) is 11.8 Å². The zero-order chi connectivity index (χ0) is 18.5. The second kappa shape index (κ2) is 8.58. The van der Waals surface area contributed by atoms with Crippen molar-refractivity contribution in [2.45, 2.75) is 11.4 Å². The largest absolute Gasteiger partial charge is 0.337 e. The van der Waals surface area contributed by atoms with Gasteiger partial charge in [0.2, 0.25) is 17.6 Å². The summed E-state index contributed by atoms with van der Waals surface area (Å²) in [5.41, 5.74) is 0.691. The molecule has 0 aliphatic carbocycles. The molecular formula is C18H15Cl2N3O2S. The molecule has 0 aliphatic heterocycles. The average Bonchev–Trinajstić information content (AvgIpc) is 3.09. The lowest BCUT2D eigenvalue weighted by atomic mass is 10.2. The molecule has 2 aromatic carbocycles. The van der Waals surface area contributed by atoms with Crippen LogP contribution in [-0.4, -0.2) is 33.7 Å². The quantitative estimate of drug-likeness (QED) is 0.549. The third-order valence-corrected chi connectivity index (χ3v) is 5.14. The molecule has 1 aromatic heterocycles. The maximum absolute atomic E-state index is 12.3. The van der Waals surface area contributed by atoms with E-state index in [2.05, 4.69) is 10.1 Å². The van der Waals surface area contributed by atoms with Crippen LogP contribution in [0.15, 0.2) is 57.9 Å². The van der Waals surface area contributed by atoms with Crippen LogP contribution in [0.1, 0.15) is 5.89 Å². The number of carbonyl (C=O) groups excluding carboxylic acids is 1. The fourth-order valence-electron chi connectivity index (χ4n) is 2.15. The van der Waals surface area contributed by atoms with Crippen molar-refractivity contribution in [1.82, 2.24) is 15.0 Å². The van der Waals surface area contributed by atoms with Gasteiger partial charge < -0.3 is 9.42 Å². The van der Waals surface area contributed by atoms with E-state index in [4.69, 9.17) is 27.7 Å². The predicted molar refractivity (Wildman–Crippen MR) is 103 cm³/mol. The number of benzene rings is 2. The summed E-state index contributed by atoms with van der Waals surface area (Å²) >= 11 is 13.4. The van der Waals surface area contributed by atoms with Crippen molar-refractivity contribution in [2.24, 2.45) is 0 Å². The Morgan fingerprint density at radius 3 is 2.62 bits per heavy atom. The Hall–Kier alpha value is -2.02. The summed E-state index contributed by atoms with van der Waals surface area (Å²) in [5, 5.41) is 5.15. The molecular weight excluding hydrogens is 393 g/mol. The molecule has 0 aliphatic rings. The summed E-state index contributed by atoms with van der Waals surface area (Å²) in [6, 6.07) is 14.6. The monoisotopic (exact) mass is 407 g/mol. The fourth-order valence-corrected chi connectivity index (χ4v) is 3.33. The van der Waals surface area contributed by atoms with Gasteiger partial charge in [0, 0.05) is 22.5 Å². The molecule has 26 heavy (non-hydrogen) atoms. The van der Waals surface area contributed by atoms with E-state index in [1.807, 2.05) is 30.3 Å². The topological polar surface area (TPSA) is 59.2 Å². The second-order valence-corrected chi connectivity index (χ2v) is 7.38. The van der Waals surface area contributed by atoms with E-state index in [-0.39, 0.29) is 12.5 Å². The van der Waals surface area contributed by atoms with E-state index in [0.29, 0.717) is 33.1 Å². The summed E-state index contributed by atoms with van der Waals surface area (Å²) < 4.78 is 5.24. The molecule has 0 atom stereocenters. The van der Waals surface area contributed by atoms with Crippen molar-refractivity contribution in [3.8, 4) is 11.4 Å². The first-order valence-electron chi connectivity index (χ1n) is 7.73. The van der Waals surface area contributed by atoms with Crippen LogP contribution in [0, 0.1) is 0 Å². The predicted octanol–water partition coefficient (Wildman–Crippen LogP) is 4.79. The number of halogens is 2. The van der Waals surface area contributed by atoms with E-state index in [0.717, 1.165) is 4.90 Å². The molecule has 1 amide bonds. The van der Waals surface area contributed by atoms with Crippen LogP contribution in [0.2, 0.25) is 10.0 Å². The molecule has 8 heteroatoms. The molecule has 0 N–H and O–H groups in total. The van der Waals surface area contributed by atoms with Crippen molar-refractivity contribution >= 4 is 40.9 Å². The molecule has 3 rings (SSSR count). The van der Waals surface area contributed by atoms with E-state index in [9.17, 15) is 4.79 Å². The molecule has 5 nitrogen and oxygen atoms in total. The zero-order valence-electron chi connectivity index (χ0n) is 13.9. The second-order valence-electron chi connectivity index (χ2n) is 5.48. The Bertz CT molecular complexity index is 899. The number of amides is 1. The summed E-state index contributed by atoms with van der Waals surface area (Å²) in [7, 11) is 1.70. The number of hydrogen-bond donors (Lipinski definition) is 0. The van der Waals surface area contributed by atoms with Crippen LogP contribution in [0.3, 0.4) is 0 Å². The number of hydrogen-bond acceptors (Lipinski definition) is 5. The van der Waals surface area contributed by atoms with Crippen molar-refractivity contribution in [1.29, 1.82) is 0 Å². The number of nitrogens with zero attached hydrogens (tertiary/aromatic N) is 3. The maximum Gasteiger partial charge on any atom is 0.246 e. The van der Waals surface area contributed by atoms with Gasteiger partial charge in [0.15, 0.2) is 0 Å². The lowest BCUT2D eigenvalue weighted by molar-refractivity contribution is -0.127. The van der Waals surface area contributed by atoms with Crippen LogP contribution in [0.4, 0.5) is 0 Å². The van der Waals surface area contributed by atoms with Gasteiger partial charge in [-0.15, -0.1) is 11.8 Å². The van der Waals surface area contributed by atoms with E-state index in [1.54, 1.807) is 30.1 Å². The van der Waals surface area contributed by atoms with Crippen molar-refractivity contribution in [3.05, 3.63) is 64.5 Å². The average molecular weight is 408 g/mol. The molecule has 1 heterocycles. The van der Waals surface area contributed by atoms with Gasteiger partial charge in [-0.1, -0.05) is 40.5 Å². The summed E-state index contributed by atoms with van der Waals surface area (Å²) in [6.45, 7) is 0.234. The molecule has 0 saturated heterocycles. The summed E-state index contributed by atoms with van der Waals surface area (Å²) in [5.74, 6) is 1.03. The third kappa shape index (κ3) is 4.78. The minimum Gasteiger partial charge on any atom is -0.337 e. The Morgan fingerprint density at radius 2 is 1.88 bits per heavy atom. The minimum absolute atomic E-state index is 0.0394. The fraction of sp³-hybridized carbons (Fsp3) is 0.167. The molecule has 0 saturated carbocycles. The summed E-state index contributed by atoms with van der Waals surface area (Å²) in [6.07, 6.45) is 0. The third-order valence-electron chi connectivity index (χ3n) is 3.56. The first-order chi connectivity index (χ1) is 12.5. The molecule has 0 bridgehead atoms. The van der Waals surface area contributed by atoms with Gasteiger partial charge in [0.25, 0.3) is 0 Å². The summed E-state index contributed by atoms with van der Waals surface area (Å²) in [4.78, 5) is 19.1. The van der Waals surface area contributed by atoms with Crippen LogP contribution < -0.4 is 0 Å². The standard InChI is InChI=1S/C18H15Cl2N3O2S/c1-23(17(24)11-26-13-8-6-12(19)7-9-13)10-16-21-18(22-25-16)14-4-2-3-5-15(14)20/h2-9H,10-11H2,1H3. The highest BCUT2D eigenvalue weighted by atomic mass is 35.5. The number of aromatic nitrogens is 2. The number of carbonyl (C=O) groups is 1. The highest BCUT2D eigenvalue weighted by Gasteiger charge is 2.16. The maximum atomic E-state index is 12.3. The minimum atomic E-state index is -0.0394. The Labute approximate surface area is 165 Å². The normalized spacial score (nSPS) is 10.7. The van der Waals surface area contributed by atoms with Gasteiger partial charge in [0.05, 0.1) is 17.3 Å². The van der Waals surface area contributed by atoms with Gasteiger partial charge >= 0.3 is 0 Å². The molecule has 134 valence electrons. The van der Waals surface area contributed by atoms with Crippen LogP contribution >= 0.6 is 35.0 Å². The first-order valence-corrected chi connectivity index (χ1v) is 9.47. The van der Waals surface area contributed by atoms with E-state index >= 15 is 0 Å². The highest BCUT2D eigenvalue weighted by molar-refractivity contribution is 8.00. The molecule has 0 spiro atoms. The smallest absolute Gasteiger partial charge is 0.246 e. The van der Waals surface area contributed by atoms with Gasteiger partial charge in [-0.05, 0) is 36.4 Å². The zero-order valence-corrected chi connectivity index (χ0v) is 16.2. The highest BCUT2D eigenvalue weighted by Crippen LogP contribution is 2.25. The van der Waals surface area contributed by atoms with Crippen molar-refractivity contribution in [2.75, 3.05) is 12.8 Å². The lowest BCUT2D eigenvalue weighted by Crippen LogP contribution is -2.27. The van der Waals surface area contributed by atoms with E-state index < -0.39 is 0 Å².